The van der Waals surface area contributed by atoms with Gasteiger partial charge in [0.05, 0.1) is 11.9 Å². The molecule has 0 heterocycles. The zero-order chi connectivity index (χ0) is 11.7. The average Bonchev–Trinajstić information content (AvgIpc) is 2.14. The minimum Gasteiger partial charge on any atom is -0.379 e. The Hall–Kier alpha value is 0.160. The highest BCUT2D eigenvalue weighted by atomic mass is 35.5. The molecule has 0 aromatic heterocycles. The van der Waals surface area contributed by atoms with Gasteiger partial charge in [-0.3, -0.25) is 0 Å². The Bertz CT molecular complexity index is 242. The summed E-state index contributed by atoms with van der Waals surface area (Å²) >= 11 is 5.41. The first kappa shape index (κ1) is 15.2. The molecule has 92 valence electrons. The van der Waals surface area contributed by atoms with E-state index in [0.717, 1.165) is 0 Å². The molecule has 0 saturated heterocycles. The highest BCUT2D eigenvalue weighted by Gasteiger charge is 2.07. The molecule has 0 radical (unpaired) electrons. The number of rotatable bonds is 9. The molecule has 0 aliphatic heterocycles. The number of alkyl halides is 1. The van der Waals surface area contributed by atoms with Gasteiger partial charge in [-0.15, -0.1) is 11.6 Å². The van der Waals surface area contributed by atoms with Crippen molar-refractivity contribution in [1.29, 1.82) is 0 Å². The van der Waals surface area contributed by atoms with Crippen molar-refractivity contribution in [1.82, 2.24) is 4.72 Å². The van der Waals surface area contributed by atoms with Crippen molar-refractivity contribution in [3.8, 4) is 0 Å². The Balaban J connectivity index is 3.49. The molecule has 0 bridgehead atoms. The third-order valence-electron chi connectivity index (χ3n) is 1.64. The van der Waals surface area contributed by atoms with E-state index in [-0.39, 0.29) is 11.9 Å². The Morgan fingerprint density at radius 3 is 2.53 bits per heavy atom. The SMILES string of the molecule is CC(C)OCCCNS(=O)(=O)CCCCl. The summed E-state index contributed by atoms with van der Waals surface area (Å²) in [4.78, 5) is 0. The maximum Gasteiger partial charge on any atom is 0.211 e. The second kappa shape index (κ2) is 8.33. The van der Waals surface area contributed by atoms with E-state index < -0.39 is 10.0 Å². The van der Waals surface area contributed by atoms with Gasteiger partial charge in [-0.05, 0) is 26.7 Å². The fourth-order valence-electron chi connectivity index (χ4n) is 0.936. The maximum atomic E-state index is 11.3. The predicted molar refractivity (Wildman–Crippen MR) is 62.8 cm³/mol. The molecule has 0 unspecified atom stereocenters. The molecule has 4 nitrogen and oxygen atoms in total. The molecular formula is C9H20ClNO3S. The van der Waals surface area contributed by atoms with Crippen molar-refractivity contribution in [2.75, 3.05) is 24.8 Å². The predicted octanol–water partition coefficient (Wildman–Crippen LogP) is 1.35. The van der Waals surface area contributed by atoms with E-state index in [2.05, 4.69) is 4.72 Å². The topological polar surface area (TPSA) is 55.4 Å². The van der Waals surface area contributed by atoms with Gasteiger partial charge < -0.3 is 4.74 Å². The first-order valence-corrected chi connectivity index (χ1v) is 7.31. The molecule has 0 aliphatic rings. The van der Waals surface area contributed by atoms with Gasteiger partial charge in [0.15, 0.2) is 0 Å². The number of hydrogen-bond donors (Lipinski definition) is 1. The third kappa shape index (κ3) is 10.4. The Labute approximate surface area is 97.4 Å². The van der Waals surface area contributed by atoms with Crippen LogP contribution < -0.4 is 4.72 Å². The van der Waals surface area contributed by atoms with Gasteiger partial charge in [0.1, 0.15) is 0 Å². The number of nitrogens with one attached hydrogen (secondary N) is 1. The van der Waals surface area contributed by atoms with Crippen molar-refractivity contribution in [2.24, 2.45) is 0 Å². The van der Waals surface area contributed by atoms with Crippen molar-refractivity contribution >= 4 is 21.6 Å². The normalized spacial score (nSPS) is 12.3. The van der Waals surface area contributed by atoms with E-state index in [1.165, 1.54) is 0 Å². The summed E-state index contributed by atoms with van der Waals surface area (Å²) in [7, 11) is -3.13. The van der Waals surface area contributed by atoms with E-state index >= 15 is 0 Å². The highest BCUT2D eigenvalue weighted by Crippen LogP contribution is 1.93. The van der Waals surface area contributed by atoms with Crippen LogP contribution in [0.2, 0.25) is 0 Å². The van der Waals surface area contributed by atoms with Crippen LogP contribution in [-0.4, -0.2) is 39.3 Å². The van der Waals surface area contributed by atoms with Crippen LogP contribution in [0.5, 0.6) is 0 Å². The molecule has 0 spiro atoms. The van der Waals surface area contributed by atoms with Crippen LogP contribution in [0.3, 0.4) is 0 Å². The van der Waals surface area contributed by atoms with Crippen LogP contribution >= 0.6 is 11.6 Å². The van der Waals surface area contributed by atoms with Crippen molar-refractivity contribution in [3.63, 3.8) is 0 Å². The second-order valence-corrected chi connectivity index (χ2v) is 5.83. The van der Waals surface area contributed by atoms with E-state index in [1.807, 2.05) is 13.8 Å². The molecule has 0 aromatic carbocycles. The molecule has 0 amide bonds. The molecule has 1 N–H and O–H groups in total. The molecule has 0 fully saturated rings. The molecule has 0 saturated carbocycles. The first-order valence-electron chi connectivity index (χ1n) is 5.13. The minimum atomic E-state index is -3.13. The smallest absolute Gasteiger partial charge is 0.211 e. The van der Waals surface area contributed by atoms with Crippen LogP contribution in [0.15, 0.2) is 0 Å². The van der Waals surface area contributed by atoms with Gasteiger partial charge >= 0.3 is 0 Å². The summed E-state index contributed by atoms with van der Waals surface area (Å²) in [5, 5.41) is 0. The van der Waals surface area contributed by atoms with Gasteiger partial charge in [0.25, 0.3) is 0 Å². The monoisotopic (exact) mass is 257 g/mol. The lowest BCUT2D eigenvalue weighted by atomic mass is 10.4. The van der Waals surface area contributed by atoms with Gasteiger partial charge in [0.2, 0.25) is 10.0 Å². The lowest BCUT2D eigenvalue weighted by Crippen LogP contribution is -2.28. The lowest BCUT2D eigenvalue weighted by molar-refractivity contribution is 0.0778. The standard InChI is InChI=1S/C9H20ClNO3S/c1-9(2)14-7-4-6-11-15(12,13)8-3-5-10/h9,11H,3-8H2,1-2H3. The van der Waals surface area contributed by atoms with Crippen molar-refractivity contribution in [2.45, 2.75) is 32.8 Å². The van der Waals surface area contributed by atoms with Crippen LogP contribution in [-0.2, 0) is 14.8 Å². The summed E-state index contributed by atoms with van der Waals surface area (Å²) < 4.78 is 30.3. The number of sulfonamides is 1. The number of ether oxygens (including phenoxy) is 1. The molecule has 0 rings (SSSR count). The van der Waals surface area contributed by atoms with Gasteiger partial charge in [-0.1, -0.05) is 0 Å². The van der Waals surface area contributed by atoms with Crippen LogP contribution in [0.1, 0.15) is 26.7 Å². The molecule has 6 heteroatoms. The molecule has 0 atom stereocenters. The Kier molecular flexibility index (Phi) is 8.42. The number of halogens is 1. The van der Waals surface area contributed by atoms with Crippen LogP contribution in [0, 0.1) is 0 Å². The summed E-state index contributed by atoms with van der Waals surface area (Å²) in [6.45, 7) is 4.91. The lowest BCUT2D eigenvalue weighted by Gasteiger charge is -2.08. The van der Waals surface area contributed by atoms with E-state index in [4.69, 9.17) is 16.3 Å². The second-order valence-electron chi connectivity index (χ2n) is 3.53. The zero-order valence-corrected chi connectivity index (χ0v) is 10.9. The van der Waals surface area contributed by atoms with E-state index in [0.29, 0.717) is 31.9 Å². The van der Waals surface area contributed by atoms with E-state index in [9.17, 15) is 8.42 Å². The van der Waals surface area contributed by atoms with Gasteiger partial charge in [-0.2, -0.15) is 0 Å². The zero-order valence-electron chi connectivity index (χ0n) is 9.33. The molecule has 0 aromatic rings. The first-order chi connectivity index (χ1) is 6.98. The molecule has 15 heavy (non-hydrogen) atoms. The molecular weight excluding hydrogens is 238 g/mol. The summed E-state index contributed by atoms with van der Waals surface area (Å²) in [6.07, 6.45) is 1.37. The molecule has 0 aliphatic carbocycles. The summed E-state index contributed by atoms with van der Waals surface area (Å²) in [6, 6.07) is 0. The number of hydrogen-bond acceptors (Lipinski definition) is 3. The van der Waals surface area contributed by atoms with Crippen LogP contribution in [0.4, 0.5) is 0 Å². The highest BCUT2D eigenvalue weighted by molar-refractivity contribution is 7.89. The van der Waals surface area contributed by atoms with Crippen molar-refractivity contribution < 1.29 is 13.2 Å². The average molecular weight is 258 g/mol. The van der Waals surface area contributed by atoms with E-state index in [1.54, 1.807) is 0 Å². The summed E-state index contributed by atoms with van der Waals surface area (Å²) in [5.74, 6) is 0.471. The maximum absolute atomic E-state index is 11.3. The van der Waals surface area contributed by atoms with Gasteiger partial charge in [0, 0.05) is 19.0 Å². The fraction of sp³-hybridized carbons (Fsp3) is 1.00. The Morgan fingerprint density at radius 1 is 1.33 bits per heavy atom. The third-order valence-corrected chi connectivity index (χ3v) is 3.38. The van der Waals surface area contributed by atoms with Crippen LogP contribution in [0.25, 0.3) is 0 Å². The Morgan fingerprint density at radius 2 is 2.00 bits per heavy atom. The fourth-order valence-corrected chi connectivity index (χ4v) is 2.35. The van der Waals surface area contributed by atoms with Crippen molar-refractivity contribution in [3.05, 3.63) is 0 Å². The largest absolute Gasteiger partial charge is 0.379 e. The summed E-state index contributed by atoms with van der Waals surface area (Å²) in [5.41, 5.74) is 0. The van der Waals surface area contributed by atoms with Gasteiger partial charge in [-0.25, -0.2) is 13.1 Å². The minimum absolute atomic E-state index is 0.0987. The quantitative estimate of drug-likeness (QED) is 0.501.